The van der Waals surface area contributed by atoms with Crippen molar-refractivity contribution >= 4 is 6.21 Å². The summed E-state index contributed by atoms with van der Waals surface area (Å²) < 4.78 is 0. The van der Waals surface area contributed by atoms with E-state index in [0.717, 1.165) is 0 Å². The summed E-state index contributed by atoms with van der Waals surface area (Å²) in [6, 6.07) is 7.49. The van der Waals surface area contributed by atoms with Crippen molar-refractivity contribution in [1.29, 1.82) is 0 Å². The molecule has 3 heterocycles. The highest BCUT2D eigenvalue weighted by Crippen LogP contribution is 1.80. The monoisotopic (exact) mass is 228 g/mol. The maximum absolute atomic E-state index is 3.78. The van der Waals surface area contributed by atoms with Crippen LogP contribution in [-0.2, 0) is 0 Å². The van der Waals surface area contributed by atoms with Gasteiger partial charge in [0, 0.05) is 24.8 Å². The molecule has 3 rings (SSSR count). The van der Waals surface area contributed by atoms with Gasteiger partial charge in [0.1, 0.15) is 6.33 Å². The van der Waals surface area contributed by atoms with Gasteiger partial charge in [0.25, 0.3) is 0 Å². The Labute approximate surface area is 99.2 Å². The lowest BCUT2D eigenvalue weighted by atomic mass is 10.5. The molecule has 0 saturated carbocycles. The zero-order valence-electron chi connectivity index (χ0n) is 9.16. The quantitative estimate of drug-likeness (QED) is 0.692. The van der Waals surface area contributed by atoms with E-state index in [1.165, 1.54) is 6.33 Å². The molecule has 1 aliphatic rings. The first-order valence-electron chi connectivity index (χ1n) is 4.93. The number of nitrogens with zero attached hydrogens (tertiary/aromatic N) is 6. The molecule has 1 aliphatic heterocycles. The molecule has 2 aromatic rings. The number of pyridine rings is 1. The van der Waals surface area contributed by atoms with Crippen LogP contribution in [-0.4, -0.2) is 27.7 Å². The summed E-state index contributed by atoms with van der Waals surface area (Å²) in [5.41, 5.74) is 0. The van der Waals surface area contributed by atoms with E-state index in [0.29, 0.717) is 6.54 Å². The first-order chi connectivity index (χ1) is 8.50. The number of hydrogen-bond donors (Lipinski definition) is 0. The average Bonchev–Trinajstić information content (AvgIpc) is 3.03. The first kappa shape index (κ1) is 12.6. The van der Waals surface area contributed by atoms with Gasteiger partial charge in [-0.2, -0.15) is 5.11 Å². The molecule has 0 amide bonds. The average molecular weight is 228 g/mol. The zero-order valence-corrected chi connectivity index (χ0v) is 9.16. The Morgan fingerprint density at radius 2 is 1.41 bits per heavy atom. The minimum atomic E-state index is 0.667. The number of aromatic nitrogens is 3. The second kappa shape index (κ2) is 10.0. The van der Waals surface area contributed by atoms with E-state index >= 15 is 0 Å². The van der Waals surface area contributed by atoms with Gasteiger partial charge in [0.15, 0.2) is 0 Å². The minimum absolute atomic E-state index is 0.667. The summed E-state index contributed by atoms with van der Waals surface area (Å²) in [5.74, 6) is 0. The zero-order chi connectivity index (χ0) is 12.0. The normalized spacial score (nSPS) is 10.8. The SMILES string of the molecule is C1=NN=NC1.c1ccncc1.c1cncnc1. The van der Waals surface area contributed by atoms with Crippen LogP contribution in [0.3, 0.4) is 0 Å². The highest BCUT2D eigenvalue weighted by atomic mass is 15.4. The Balaban J connectivity index is 0.000000128. The highest BCUT2D eigenvalue weighted by Gasteiger charge is 1.75. The fraction of sp³-hybridized carbons (Fsp3) is 0.0909. The van der Waals surface area contributed by atoms with Gasteiger partial charge in [-0.1, -0.05) is 6.07 Å². The van der Waals surface area contributed by atoms with E-state index in [4.69, 9.17) is 0 Å². The fourth-order valence-electron chi connectivity index (χ4n) is 0.749. The predicted molar refractivity (Wildman–Crippen MR) is 64.5 cm³/mol. The van der Waals surface area contributed by atoms with Crippen molar-refractivity contribution in [1.82, 2.24) is 15.0 Å². The first-order valence-corrected chi connectivity index (χ1v) is 4.93. The Morgan fingerprint density at radius 1 is 0.706 bits per heavy atom. The summed E-state index contributed by atoms with van der Waals surface area (Å²) in [5, 5.41) is 10.2. The van der Waals surface area contributed by atoms with Crippen LogP contribution in [0, 0.1) is 0 Å². The Hall–Kier alpha value is -2.50. The summed E-state index contributed by atoms with van der Waals surface area (Å²) in [4.78, 5) is 11.1. The van der Waals surface area contributed by atoms with Crippen LogP contribution in [0.25, 0.3) is 0 Å². The van der Waals surface area contributed by atoms with Gasteiger partial charge in [0.05, 0.1) is 12.8 Å². The van der Waals surface area contributed by atoms with Crippen LogP contribution in [0.15, 0.2) is 70.8 Å². The van der Waals surface area contributed by atoms with E-state index in [1.54, 1.807) is 37.1 Å². The molecule has 0 saturated heterocycles. The third-order valence-corrected chi connectivity index (χ3v) is 1.40. The molecule has 0 aromatic carbocycles. The molecule has 0 unspecified atom stereocenters. The Bertz CT molecular complexity index is 320. The van der Waals surface area contributed by atoms with Crippen molar-refractivity contribution < 1.29 is 0 Å². The highest BCUT2D eigenvalue weighted by molar-refractivity contribution is 5.60. The third-order valence-electron chi connectivity index (χ3n) is 1.40. The molecular weight excluding hydrogens is 216 g/mol. The lowest BCUT2D eigenvalue weighted by Gasteiger charge is -1.70. The largest absolute Gasteiger partial charge is 0.265 e. The van der Waals surface area contributed by atoms with Crippen LogP contribution in [0.4, 0.5) is 0 Å². The molecule has 2 aromatic heterocycles. The smallest absolute Gasteiger partial charge is 0.115 e. The van der Waals surface area contributed by atoms with Gasteiger partial charge in [-0.15, -0.1) is 5.10 Å². The number of hydrogen-bond acceptors (Lipinski definition) is 6. The van der Waals surface area contributed by atoms with Crippen LogP contribution in [0.5, 0.6) is 0 Å². The van der Waals surface area contributed by atoms with Crippen molar-refractivity contribution in [3.05, 3.63) is 55.4 Å². The van der Waals surface area contributed by atoms with Crippen LogP contribution >= 0.6 is 0 Å². The van der Waals surface area contributed by atoms with E-state index in [1.807, 2.05) is 18.2 Å². The molecule has 6 heteroatoms. The van der Waals surface area contributed by atoms with Gasteiger partial charge in [0.2, 0.25) is 0 Å². The molecule has 6 nitrogen and oxygen atoms in total. The van der Waals surface area contributed by atoms with E-state index in [2.05, 4.69) is 30.4 Å². The number of rotatable bonds is 0. The van der Waals surface area contributed by atoms with E-state index < -0.39 is 0 Å². The van der Waals surface area contributed by atoms with Crippen LogP contribution < -0.4 is 0 Å². The summed E-state index contributed by atoms with van der Waals surface area (Å²) in [6.07, 6.45) is 10.0. The lowest BCUT2D eigenvalue weighted by molar-refractivity contribution is 1.06. The van der Waals surface area contributed by atoms with Gasteiger partial charge >= 0.3 is 0 Å². The molecule has 0 radical (unpaired) electrons. The van der Waals surface area contributed by atoms with Gasteiger partial charge in [-0.25, -0.2) is 9.97 Å². The second-order valence-corrected chi connectivity index (χ2v) is 2.64. The van der Waals surface area contributed by atoms with Crippen molar-refractivity contribution in [2.75, 3.05) is 6.54 Å². The van der Waals surface area contributed by atoms with Crippen LogP contribution in [0.1, 0.15) is 0 Å². The van der Waals surface area contributed by atoms with Crippen molar-refractivity contribution in [2.45, 2.75) is 0 Å². The van der Waals surface area contributed by atoms with Gasteiger partial charge in [-0.05, 0) is 23.4 Å². The molecule has 17 heavy (non-hydrogen) atoms. The van der Waals surface area contributed by atoms with Crippen molar-refractivity contribution in [3.8, 4) is 0 Å². The molecule has 0 fully saturated rings. The summed E-state index contributed by atoms with van der Waals surface area (Å²) in [7, 11) is 0. The maximum Gasteiger partial charge on any atom is 0.115 e. The second-order valence-electron chi connectivity index (χ2n) is 2.64. The Kier molecular flexibility index (Phi) is 7.42. The third kappa shape index (κ3) is 8.49. The standard InChI is InChI=1S/C5H5N.C4H4N2.C2H3N3/c1-2-4-6-5-3-1;1-2-5-4-6-3-1;1-2-4-5-3-1/h1-5H;1-4H;1H,2H2. The molecule has 0 bridgehead atoms. The molecule has 86 valence electrons. The molecule has 0 N–H and O–H groups in total. The summed E-state index contributed by atoms with van der Waals surface area (Å²) in [6.45, 7) is 0.667. The Morgan fingerprint density at radius 3 is 1.59 bits per heavy atom. The van der Waals surface area contributed by atoms with Crippen LogP contribution in [0.2, 0.25) is 0 Å². The molecule has 0 atom stereocenters. The van der Waals surface area contributed by atoms with Crippen molar-refractivity contribution in [3.63, 3.8) is 0 Å². The van der Waals surface area contributed by atoms with Gasteiger partial charge < -0.3 is 0 Å². The van der Waals surface area contributed by atoms with E-state index in [9.17, 15) is 0 Å². The molecule has 0 aliphatic carbocycles. The lowest BCUT2D eigenvalue weighted by Crippen LogP contribution is -1.66. The maximum atomic E-state index is 3.78. The fourth-order valence-corrected chi connectivity index (χ4v) is 0.749. The molecular formula is C11H12N6. The predicted octanol–water partition coefficient (Wildman–Crippen LogP) is 2.00. The summed E-state index contributed by atoms with van der Waals surface area (Å²) >= 11 is 0. The minimum Gasteiger partial charge on any atom is -0.265 e. The molecule has 0 spiro atoms. The van der Waals surface area contributed by atoms with Gasteiger partial charge in [-0.3, -0.25) is 4.98 Å². The topological polar surface area (TPSA) is 75.8 Å². The van der Waals surface area contributed by atoms with Crippen molar-refractivity contribution in [2.24, 2.45) is 15.4 Å². The van der Waals surface area contributed by atoms with E-state index in [-0.39, 0.29) is 0 Å².